The Bertz CT molecular complexity index is 1370. The van der Waals surface area contributed by atoms with Gasteiger partial charge < -0.3 is 19.5 Å². The summed E-state index contributed by atoms with van der Waals surface area (Å²) in [6.07, 6.45) is -0.133. The first-order valence-electron chi connectivity index (χ1n) is 13.4. The van der Waals surface area contributed by atoms with Crippen molar-refractivity contribution in [1.82, 2.24) is 15.3 Å². The van der Waals surface area contributed by atoms with Crippen molar-refractivity contribution in [3.05, 3.63) is 70.7 Å². The molecule has 1 N–H and O–H groups in total. The van der Waals surface area contributed by atoms with Crippen LogP contribution in [0.3, 0.4) is 0 Å². The number of benzene rings is 1. The molecule has 0 bridgehead atoms. The zero-order valence-electron chi connectivity index (χ0n) is 22.0. The molecule has 41 heavy (non-hydrogen) atoms. The van der Waals surface area contributed by atoms with E-state index in [9.17, 15) is 31.5 Å². The number of Topliss-reactive ketones (excluding diaryl/α,β-unsaturated/α-hetero) is 1. The number of piperidine rings is 2. The number of alkyl halides is 3. The van der Waals surface area contributed by atoms with Crippen LogP contribution >= 0.6 is 0 Å². The third-order valence-electron chi connectivity index (χ3n) is 7.28. The number of aromatic nitrogens is 2. The quantitative estimate of drug-likeness (QED) is 0.306. The van der Waals surface area contributed by atoms with Crippen molar-refractivity contribution in [1.29, 1.82) is 0 Å². The molecule has 8 nitrogen and oxygen atoms in total. The van der Waals surface area contributed by atoms with Crippen molar-refractivity contribution in [3.63, 3.8) is 0 Å². The van der Waals surface area contributed by atoms with E-state index in [1.165, 1.54) is 12.3 Å². The Kier molecular flexibility index (Phi) is 8.22. The van der Waals surface area contributed by atoms with Crippen LogP contribution in [0.15, 0.2) is 40.9 Å². The lowest BCUT2D eigenvalue weighted by Crippen LogP contribution is -2.45. The average Bonchev–Trinajstić information content (AvgIpc) is 3.41. The fraction of sp³-hybridized carbons (Fsp3) is 0.429. The van der Waals surface area contributed by atoms with Gasteiger partial charge in [-0.1, -0.05) is 12.1 Å². The second-order valence-corrected chi connectivity index (χ2v) is 10.2. The predicted octanol–water partition coefficient (Wildman–Crippen LogP) is 5.18. The van der Waals surface area contributed by atoms with E-state index in [1.54, 1.807) is 17.0 Å². The van der Waals surface area contributed by atoms with Gasteiger partial charge in [0.05, 0.1) is 0 Å². The van der Waals surface area contributed by atoms with E-state index >= 15 is 0 Å². The summed E-state index contributed by atoms with van der Waals surface area (Å²) in [5.41, 5.74) is -1.52. The van der Waals surface area contributed by atoms with E-state index in [-0.39, 0.29) is 18.5 Å². The summed E-state index contributed by atoms with van der Waals surface area (Å²) in [4.78, 5) is 36.8. The zero-order valence-corrected chi connectivity index (χ0v) is 22.0. The topological polar surface area (TPSA) is 91.6 Å². The van der Waals surface area contributed by atoms with Crippen molar-refractivity contribution < 1.29 is 36.0 Å². The molecule has 0 atom stereocenters. The maximum atomic E-state index is 13.9. The van der Waals surface area contributed by atoms with Crippen molar-refractivity contribution in [2.75, 3.05) is 36.0 Å². The normalized spacial score (nSPS) is 16.6. The highest BCUT2D eigenvalue weighted by Gasteiger charge is 2.41. The number of oxazole rings is 1. The number of anilines is 2. The van der Waals surface area contributed by atoms with Crippen molar-refractivity contribution in [2.24, 2.45) is 0 Å². The van der Waals surface area contributed by atoms with Gasteiger partial charge in [0, 0.05) is 44.8 Å². The molecule has 3 aromatic rings. The molecule has 0 radical (unpaired) electrons. The molecule has 2 fully saturated rings. The zero-order chi connectivity index (χ0) is 29.1. The van der Waals surface area contributed by atoms with E-state index in [1.807, 2.05) is 4.90 Å². The van der Waals surface area contributed by atoms with Gasteiger partial charge >= 0.3 is 6.18 Å². The van der Waals surface area contributed by atoms with Crippen LogP contribution in [-0.2, 0) is 12.6 Å². The van der Waals surface area contributed by atoms with Gasteiger partial charge in [-0.3, -0.25) is 9.59 Å². The molecule has 4 heterocycles. The molecule has 0 aliphatic carbocycles. The fourth-order valence-electron chi connectivity index (χ4n) is 5.11. The molecular weight excluding hydrogens is 549 g/mol. The average molecular weight is 578 g/mol. The smallest absolute Gasteiger partial charge is 0.420 e. The first kappa shape index (κ1) is 28.5. The lowest BCUT2D eigenvalue weighted by molar-refractivity contribution is -0.141. The van der Waals surface area contributed by atoms with Crippen LogP contribution in [0.5, 0.6) is 0 Å². The van der Waals surface area contributed by atoms with Crippen molar-refractivity contribution in [3.8, 4) is 0 Å². The van der Waals surface area contributed by atoms with Crippen LogP contribution in [-0.4, -0.2) is 53.9 Å². The molecule has 2 saturated heterocycles. The summed E-state index contributed by atoms with van der Waals surface area (Å²) in [5, 5.41) is 2.67. The molecular formula is C28H28F5N5O3. The monoisotopic (exact) mass is 577 g/mol. The van der Waals surface area contributed by atoms with Gasteiger partial charge in [-0.15, -0.1) is 0 Å². The first-order chi connectivity index (χ1) is 19.6. The number of rotatable bonds is 7. The van der Waals surface area contributed by atoms with Crippen LogP contribution in [0.1, 0.15) is 64.3 Å². The van der Waals surface area contributed by atoms with Crippen LogP contribution < -0.4 is 15.1 Å². The molecule has 1 amide bonds. The predicted molar refractivity (Wildman–Crippen MR) is 139 cm³/mol. The van der Waals surface area contributed by atoms with Gasteiger partial charge in [0.1, 0.15) is 23.0 Å². The maximum Gasteiger partial charge on any atom is 0.437 e. The van der Waals surface area contributed by atoms with Gasteiger partial charge in [0.25, 0.3) is 11.9 Å². The van der Waals surface area contributed by atoms with Crippen LogP contribution in [0.25, 0.3) is 0 Å². The highest BCUT2D eigenvalue weighted by molar-refractivity contribution is 5.96. The summed E-state index contributed by atoms with van der Waals surface area (Å²) < 4.78 is 74.1. The highest BCUT2D eigenvalue weighted by atomic mass is 19.4. The summed E-state index contributed by atoms with van der Waals surface area (Å²) in [6, 6.07) is 6.05. The van der Waals surface area contributed by atoms with E-state index in [0.717, 1.165) is 31.4 Å². The number of nitrogens with zero attached hydrogens (tertiary/aromatic N) is 4. The third kappa shape index (κ3) is 6.49. The van der Waals surface area contributed by atoms with Crippen LogP contribution in [0.2, 0.25) is 0 Å². The molecule has 1 aromatic carbocycles. The lowest BCUT2D eigenvalue weighted by atomic mass is 10.0. The molecule has 2 aliphatic heterocycles. The molecule has 218 valence electrons. The largest absolute Gasteiger partial charge is 0.437 e. The van der Waals surface area contributed by atoms with Gasteiger partial charge in [-0.2, -0.15) is 18.2 Å². The Morgan fingerprint density at radius 1 is 0.951 bits per heavy atom. The van der Waals surface area contributed by atoms with Crippen molar-refractivity contribution in [2.45, 2.75) is 50.7 Å². The van der Waals surface area contributed by atoms with E-state index < -0.39 is 46.5 Å². The number of hydrogen-bond donors (Lipinski definition) is 1. The third-order valence-corrected chi connectivity index (χ3v) is 7.28. The number of hydrogen-bond acceptors (Lipinski definition) is 7. The molecule has 0 unspecified atom stereocenters. The van der Waals surface area contributed by atoms with Crippen LogP contribution in [0.4, 0.5) is 33.8 Å². The molecule has 13 heteroatoms. The second kappa shape index (κ2) is 11.8. The molecule has 0 spiro atoms. The Hall–Kier alpha value is -4.03. The van der Waals surface area contributed by atoms with E-state index in [0.29, 0.717) is 50.4 Å². The molecule has 2 aliphatic rings. The minimum Gasteiger partial charge on any atom is -0.420 e. The van der Waals surface area contributed by atoms with Crippen molar-refractivity contribution >= 4 is 23.5 Å². The Morgan fingerprint density at radius 2 is 1.63 bits per heavy atom. The number of ketones is 1. The molecule has 5 rings (SSSR count). The van der Waals surface area contributed by atoms with Gasteiger partial charge in [0.2, 0.25) is 11.5 Å². The van der Waals surface area contributed by atoms with Crippen LogP contribution in [0, 0.1) is 11.6 Å². The molecule has 0 saturated carbocycles. The minimum absolute atomic E-state index is 0.188. The summed E-state index contributed by atoms with van der Waals surface area (Å²) in [6.45, 7) is 2.04. The SMILES string of the molecule is O=C(Cc1ccc(N2CCC(NC(=O)c3c(F)cccc3F)CC2)nc1)c1oc(N2CCCCC2)nc1C(F)(F)F. The van der Waals surface area contributed by atoms with Gasteiger partial charge in [0.15, 0.2) is 5.69 Å². The lowest BCUT2D eigenvalue weighted by Gasteiger charge is -2.33. The number of carbonyl (C=O) groups excluding carboxylic acids is 2. The minimum atomic E-state index is -4.83. The standard InChI is InChI=1S/C28H28F5N5O3/c29-19-5-4-6-20(30)23(19)26(40)35-18-9-13-37(14-10-18)22-8-7-17(16-34-22)15-21(39)24-25(28(31,32)33)36-27(41-24)38-11-2-1-3-12-38/h4-8,16,18H,1-3,9-15H2,(H,35,40). The maximum absolute atomic E-state index is 13.9. The summed E-state index contributed by atoms with van der Waals surface area (Å²) in [7, 11) is 0. The number of pyridine rings is 1. The van der Waals surface area contributed by atoms with E-state index in [2.05, 4.69) is 15.3 Å². The molecule has 2 aromatic heterocycles. The summed E-state index contributed by atoms with van der Waals surface area (Å²) in [5.74, 6) is -3.72. The number of nitrogens with one attached hydrogen (secondary N) is 1. The Labute approximate surface area is 232 Å². The van der Waals surface area contributed by atoms with E-state index in [4.69, 9.17) is 4.42 Å². The highest BCUT2D eigenvalue weighted by Crippen LogP contribution is 2.35. The fourth-order valence-corrected chi connectivity index (χ4v) is 5.11. The second-order valence-electron chi connectivity index (χ2n) is 10.2. The summed E-state index contributed by atoms with van der Waals surface area (Å²) >= 11 is 0. The number of amides is 1. The Morgan fingerprint density at radius 3 is 2.24 bits per heavy atom. The van der Waals surface area contributed by atoms with Gasteiger partial charge in [-0.25, -0.2) is 13.8 Å². The number of halogens is 5. The van der Waals surface area contributed by atoms with Gasteiger partial charge in [-0.05, 0) is 55.9 Å². The Balaban J connectivity index is 1.19. The number of carbonyl (C=O) groups is 2. The first-order valence-corrected chi connectivity index (χ1v) is 13.4.